The molecule has 1 fully saturated rings. The van der Waals surface area contributed by atoms with E-state index in [1.54, 1.807) is 25.5 Å². The Hall–Kier alpha value is -2.57. The summed E-state index contributed by atoms with van der Waals surface area (Å²) in [6.45, 7) is 4.98. The van der Waals surface area contributed by atoms with Crippen LogP contribution >= 0.6 is 0 Å². The molecule has 3 rings (SSSR count). The first-order valence-electron chi connectivity index (χ1n) is 7.26. The molecular weight excluding hydrogens is 280 g/mol. The van der Waals surface area contributed by atoms with E-state index in [2.05, 4.69) is 25.3 Å². The average Bonchev–Trinajstić information content (AvgIpc) is 2.98. The number of hydrogen-bond donors (Lipinski definition) is 1. The lowest BCUT2D eigenvalue weighted by Crippen LogP contribution is -2.25. The van der Waals surface area contributed by atoms with Crippen LogP contribution in [-0.4, -0.2) is 43.8 Å². The second-order valence-corrected chi connectivity index (χ2v) is 5.39. The normalized spacial score (nSPS) is 17.5. The predicted molar refractivity (Wildman–Crippen MR) is 81.7 cm³/mol. The summed E-state index contributed by atoms with van der Waals surface area (Å²) in [5.41, 5.74) is 0.961. The first kappa shape index (κ1) is 14.4. The molecule has 22 heavy (non-hydrogen) atoms. The molecule has 0 saturated carbocycles. The first-order chi connectivity index (χ1) is 10.6. The quantitative estimate of drug-likeness (QED) is 0.927. The number of carbonyl (C=O) groups is 1. The third kappa shape index (κ3) is 3.19. The van der Waals surface area contributed by atoms with Crippen molar-refractivity contribution >= 4 is 17.5 Å². The molecular formula is C15H18N6O. The zero-order valence-corrected chi connectivity index (χ0v) is 12.7. The van der Waals surface area contributed by atoms with E-state index in [4.69, 9.17) is 0 Å². The van der Waals surface area contributed by atoms with E-state index in [0.29, 0.717) is 17.5 Å². The fraction of sp³-hybridized carbons (Fsp3) is 0.400. The van der Waals surface area contributed by atoms with Gasteiger partial charge in [-0.2, -0.15) is 0 Å². The third-order valence-electron chi connectivity index (χ3n) is 3.73. The molecule has 0 radical (unpaired) electrons. The van der Waals surface area contributed by atoms with E-state index < -0.39 is 0 Å². The number of nitrogens with zero attached hydrogens (tertiary/aromatic N) is 5. The molecule has 1 amide bonds. The number of nitrogens with one attached hydrogen (secondary N) is 1. The summed E-state index contributed by atoms with van der Waals surface area (Å²) in [5, 5.41) is 3.14. The Bertz CT molecular complexity index is 675. The van der Waals surface area contributed by atoms with Crippen LogP contribution in [0.15, 0.2) is 24.7 Å². The Labute approximate surface area is 128 Å². The van der Waals surface area contributed by atoms with Crippen LogP contribution in [-0.2, 0) is 4.79 Å². The minimum absolute atomic E-state index is 0.117. The van der Waals surface area contributed by atoms with E-state index in [1.165, 1.54) is 0 Å². The summed E-state index contributed by atoms with van der Waals surface area (Å²) in [6.07, 6.45) is 5.82. The number of carbonyl (C=O) groups excluding carboxylic acids is 1. The fourth-order valence-corrected chi connectivity index (χ4v) is 2.65. The van der Waals surface area contributed by atoms with E-state index in [9.17, 15) is 4.79 Å². The molecule has 0 aliphatic carbocycles. The average molecular weight is 298 g/mol. The maximum Gasteiger partial charge on any atom is 0.219 e. The van der Waals surface area contributed by atoms with Gasteiger partial charge in [-0.05, 0) is 13.3 Å². The minimum atomic E-state index is 0.117. The molecule has 1 aliphatic rings. The lowest BCUT2D eigenvalue weighted by Gasteiger charge is -2.14. The Morgan fingerprint density at radius 3 is 2.86 bits per heavy atom. The van der Waals surface area contributed by atoms with Gasteiger partial charge in [0.05, 0.1) is 11.9 Å². The van der Waals surface area contributed by atoms with Gasteiger partial charge in [0.15, 0.2) is 0 Å². The Kier molecular flexibility index (Phi) is 3.95. The van der Waals surface area contributed by atoms with Gasteiger partial charge in [0.25, 0.3) is 0 Å². The Morgan fingerprint density at radius 2 is 2.18 bits per heavy atom. The zero-order chi connectivity index (χ0) is 15.5. The standard InChI is InChI=1S/C15H18N6O/c1-10-18-13(12-3-6-21(9-12)11(2)22)7-14(19-10)20-15-8-16-4-5-17-15/h4-5,7-8,12H,3,6,9H2,1-2H3,(H,17,18,19,20). The molecule has 1 N–H and O–H groups in total. The molecule has 2 aromatic rings. The highest BCUT2D eigenvalue weighted by atomic mass is 16.2. The van der Waals surface area contributed by atoms with Gasteiger partial charge in [-0.15, -0.1) is 0 Å². The van der Waals surface area contributed by atoms with Gasteiger partial charge in [0.2, 0.25) is 5.91 Å². The van der Waals surface area contributed by atoms with Crippen molar-refractivity contribution in [2.45, 2.75) is 26.2 Å². The highest BCUT2D eigenvalue weighted by molar-refractivity contribution is 5.73. The zero-order valence-electron chi connectivity index (χ0n) is 12.7. The number of aromatic nitrogens is 4. The number of amides is 1. The number of likely N-dealkylation sites (tertiary alicyclic amines) is 1. The number of hydrogen-bond acceptors (Lipinski definition) is 6. The lowest BCUT2D eigenvalue weighted by molar-refractivity contribution is -0.127. The van der Waals surface area contributed by atoms with Crippen LogP contribution < -0.4 is 5.32 Å². The molecule has 1 unspecified atom stereocenters. The monoisotopic (exact) mass is 298 g/mol. The van der Waals surface area contributed by atoms with Crippen molar-refractivity contribution in [1.29, 1.82) is 0 Å². The van der Waals surface area contributed by atoms with Crippen molar-refractivity contribution in [3.8, 4) is 0 Å². The summed E-state index contributed by atoms with van der Waals surface area (Å²) in [4.78, 5) is 30.4. The summed E-state index contributed by atoms with van der Waals surface area (Å²) in [7, 11) is 0. The predicted octanol–water partition coefficient (Wildman–Crippen LogP) is 1.65. The fourth-order valence-electron chi connectivity index (χ4n) is 2.65. The van der Waals surface area contributed by atoms with Gasteiger partial charge in [-0.1, -0.05) is 0 Å². The highest BCUT2D eigenvalue weighted by Gasteiger charge is 2.27. The maximum absolute atomic E-state index is 11.5. The first-order valence-corrected chi connectivity index (χ1v) is 7.26. The molecule has 114 valence electrons. The second kappa shape index (κ2) is 6.05. The molecule has 7 nitrogen and oxygen atoms in total. The summed E-state index contributed by atoms with van der Waals surface area (Å²) < 4.78 is 0. The molecule has 0 spiro atoms. The van der Waals surface area contributed by atoms with Crippen LogP contribution in [0.3, 0.4) is 0 Å². The summed E-state index contributed by atoms with van der Waals surface area (Å²) in [5.74, 6) is 2.41. The van der Waals surface area contributed by atoms with Gasteiger partial charge in [0.1, 0.15) is 17.5 Å². The van der Waals surface area contributed by atoms with Crippen molar-refractivity contribution in [3.63, 3.8) is 0 Å². The van der Waals surface area contributed by atoms with Gasteiger partial charge in [0, 0.05) is 44.4 Å². The van der Waals surface area contributed by atoms with Crippen LogP contribution in [0.5, 0.6) is 0 Å². The van der Waals surface area contributed by atoms with E-state index in [-0.39, 0.29) is 11.8 Å². The van der Waals surface area contributed by atoms with Gasteiger partial charge >= 0.3 is 0 Å². The molecule has 0 bridgehead atoms. The summed E-state index contributed by atoms with van der Waals surface area (Å²) >= 11 is 0. The van der Waals surface area contributed by atoms with E-state index in [1.807, 2.05) is 17.9 Å². The maximum atomic E-state index is 11.5. The van der Waals surface area contributed by atoms with E-state index >= 15 is 0 Å². The van der Waals surface area contributed by atoms with E-state index in [0.717, 1.165) is 25.2 Å². The molecule has 0 aromatic carbocycles. The largest absolute Gasteiger partial charge is 0.342 e. The smallest absolute Gasteiger partial charge is 0.219 e. The van der Waals surface area contributed by atoms with Crippen molar-refractivity contribution in [1.82, 2.24) is 24.8 Å². The van der Waals surface area contributed by atoms with Crippen LogP contribution in [0, 0.1) is 6.92 Å². The van der Waals surface area contributed by atoms with Crippen molar-refractivity contribution in [2.75, 3.05) is 18.4 Å². The molecule has 7 heteroatoms. The molecule has 1 saturated heterocycles. The Morgan fingerprint density at radius 1 is 1.32 bits per heavy atom. The van der Waals surface area contributed by atoms with Gasteiger partial charge in [-0.25, -0.2) is 15.0 Å². The number of anilines is 2. The van der Waals surface area contributed by atoms with Crippen LogP contribution in [0.2, 0.25) is 0 Å². The number of rotatable bonds is 3. The van der Waals surface area contributed by atoms with Crippen molar-refractivity contribution in [2.24, 2.45) is 0 Å². The topological polar surface area (TPSA) is 83.9 Å². The van der Waals surface area contributed by atoms with Crippen LogP contribution in [0.25, 0.3) is 0 Å². The SMILES string of the molecule is CC(=O)N1CCC(c2cc(Nc3cnccn3)nc(C)n2)C1. The second-order valence-electron chi connectivity index (χ2n) is 5.39. The van der Waals surface area contributed by atoms with Crippen molar-refractivity contribution in [3.05, 3.63) is 36.2 Å². The highest BCUT2D eigenvalue weighted by Crippen LogP contribution is 2.27. The van der Waals surface area contributed by atoms with Crippen molar-refractivity contribution < 1.29 is 4.79 Å². The molecule has 2 aromatic heterocycles. The molecule has 3 heterocycles. The van der Waals surface area contributed by atoms with Gasteiger partial charge in [-0.3, -0.25) is 9.78 Å². The third-order valence-corrected chi connectivity index (χ3v) is 3.73. The number of aryl methyl sites for hydroxylation is 1. The lowest BCUT2D eigenvalue weighted by atomic mass is 10.0. The van der Waals surface area contributed by atoms with Crippen LogP contribution in [0.1, 0.15) is 30.8 Å². The molecule has 1 atom stereocenters. The van der Waals surface area contributed by atoms with Gasteiger partial charge < -0.3 is 10.2 Å². The Balaban J connectivity index is 1.80. The minimum Gasteiger partial charge on any atom is -0.342 e. The van der Waals surface area contributed by atoms with Crippen LogP contribution in [0.4, 0.5) is 11.6 Å². The summed E-state index contributed by atoms with van der Waals surface area (Å²) in [6, 6.07) is 1.93. The molecule has 1 aliphatic heterocycles.